The normalized spacial score (nSPS) is 10.3. The van der Waals surface area contributed by atoms with Crippen molar-refractivity contribution in [2.75, 3.05) is 32.1 Å². The first-order valence-corrected chi connectivity index (χ1v) is 6.59. The van der Waals surface area contributed by atoms with Crippen LogP contribution in [0, 0.1) is 0 Å². The molecule has 0 spiro atoms. The Balaban J connectivity index is 2.94. The molecular weight excluding hydrogens is 302 g/mol. The Morgan fingerprint density at radius 1 is 1.33 bits per heavy atom. The number of hydrogen-bond donors (Lipinski definition) is 2. The van der Waals surface area contributed by atoms with Crippen LogP contribution in [-0.2, 0) is 4.74 Å². The summed E-state index contributed by atoms with van der Waals surface area (Å²) in [5.74, 6) is -0.865. The van der Waals surface area contributed by atoms with E-state index in [1.54, 1.807) is 7.11 Å². The number of carbonyl (C=O) groups excluding carboxylic acids is 1. The number of hydrogen-bond acceptors (Lipinski definition) is 4. The number of ether oxygens (including phenoxy) is 1. The van der Waals surface area contributed by atoms with Gasteiger partial charge in [-0.25, -0.2) is 0 Å². The SMILES string of the molecule is COCCN(CCBr)C(=O)c1c(O)cccc1O. The predicted octanol–water partition coefficient (Wildman–Crippen LogP) is 1.58. The Labute approximate surface area is 114 Å². The van der Waals surface area contributed by atoms with Gasteiger partial charge < -0.3 is 19.8 Å². The van der Waals surface area contributed by atoms with Crippen molar-refractivity contribution in [3.63, 3.8) is 0 Å². The van der Waals surface area contributed by atoms with Gasteiger partial charge in [0.05, 0.1) is 6.61 Å². The average Bonchev–Trinajstić information content (AvgIpc) is 2.34. The van der Waals surface area contributed by atoms with Gasteiger partial charge in [0.25, 0.3) is 5.91 Å². The van der Waals surface area contributed by atoms with Crippen molar-refractivity contribution >= 4 is 21.8 Å². The molecule has 0 heterocycles. The minimum absolute atomic E-state index is 0.0745. The van der Waals surface area contributed by atoms with Crippen molar-refractivity contribution in [1.82, 2.24) is 4.90 Å². The van der Waals surface area contributed by atoms with Gasteiger partial charge in [-0.15, -0.1) is 0 Å². The first kappa shape index (κ1) is 14.8. The summed E-state index contributed by atoms with van der Waals surface area (Å²) in [7, 11) is 1.55. The lowest BCUT2D eigenvalue weighted by Gasteiger charge is -2.22. The number of rotatable bonds is 6. The van der Waals surface area contributed by atoms with E-state index in [-0.39, 0.29) is 17.1 Å². The Hall–Kier alpha value is -1.27. The van der Waals surface area contributed by atoms with Crippen LogP contribution in [0.3, 0.4) is 0 Å². The Morgan fingerprint density at radius 3 is 2.44 bits per heavy atom. The van der Waals surface area contributed by atoms with Gasteiger partial charge in [0, 0.05) is 25.5 Å². The maximum absolute atomic E-state index is 12.2. The number of phenols is 2. The fraction of sp³-hybridized carbons (Fsp3) is 0.417. The van der Waals surface area contributed by atoms with Gasteiger partial charge in [-0.2, -0.15) is 0 Å². The van der Waals surface area contributed by atoms with E-state index in [2.05, 4.69) is 15.9 Å². The van der Waals surface area contributed by atoms with Crippen molar-refractivity contribution in [1.29, 1.82) is 0 Å². The molecule has 0 aliphatic carbocycles. The van der Waals surface area contributed by atoms with Gasteiger partial charge >= 0.3 is 0 Å². The van der Waals surface area contributed by atoms with Crippen LogP contribution < -0.4 is 0 Å². The standard InChI is InChI=1S/C12H16BrNO4/c1-18-8-7-14(6-5-13)12(17)11-9(15)3-2-4-10(11)16/h2-4,15-16H,5-8H2,1H3. The van der Waals surface area contributed by atoms with Gasteiger partial charge in [-0.3, -0.25) is 4.79 Å². The zero-order valence-corrected chi connectivity index (χ0v) is 11.7. The molecule has 0 bridgehead atoms. The van der Waals surface area contributed by atoms with Crippen LogP contribution in [0.1, 0.15) is 10.4 Å². The van der Waals surface area contributed by atoms with Gasteiger partial charge in [0.15, 0.2) is 0 Å². The third-order valence-electron chi connectivity index (χ3n) is 2.44. The third-order valence-corrected chi connectivity index (χ3v) is 2.80. The molecule has 0 fully saturated rings. The summed E-state index contributed by atoms with van der Waals surface area (Å²) in [5.41, 5.74) is -0.0745. The number of benzene rings is 1. The molecule has 1 aromatic carbocycles. The summed E-state index contributed by atoms with van der Waals surface area (Å²) in [5, 5.41) is 19.9. The maximum atomic E-state index is 12.2. The van der Waals surface area contributed by atoms with Crippen LogP contribution >= 0.6 is 15.9 Å². The Kier molecular flexibility index (Phi) is 5.94. The van der Waals surface area contributed by atoms with Gasteiger partial charge in [-0.1, -0.05) is 22.0 Å². The summed E-state index contributed by atoms with van der Waals surface area (Å²) < 4.78 is 4.93. The van der Waals surface area contributed by atoms with Crippen molar-refractivity contribution in [3.05, 3.63) is 23.8 Å². The highest BCUT2D eigenvalue weighted by molar-refractivity contribution is 9.09. The van der Waals surface area contributed by atoms with E-state index >= 15 is 0 Å². The van der Waals surface area contributed by atoms with E-state index in [9.17, 15) is 15.0 Å². The number of aromatic hydroxyl groups is 2. The molecule has 0 aliphatic heterocycles. The molecule has 0 radical (unpaired) electrons. The molecule has 1 rings (SSSR count). The molecular formula is C12H16BrNO4. The molecule has 0 saturated carbocycles. The number of nitrogens with zero attached hydrogens (tertiary/aromatic N) is 1. The molecule has 100 valence electrons. The maximum Gasteiger partial charge on any atom is 0.261 e. The van der Waals surface area contributed by atoms with Gasteiger partial charge in [0.2, 0.25) is 0 Å². The molecule has 0 aliphatic rings. The number of amides is 1. The van der Waals surface area contributed by atoms with Crippen LogP contribution in [0.25, 0.3) is 0 Å². The molecule has 0 unspecified atom stereocenters. The van der Waals surface area contributed by atoms with Crippen molar-refractivity contribution in [2.24, 2.45) is 0 Å². The summed E-state index contributed by atoms with van der Waals surface area (Å²) in [6.07, 6.45) is 0. The number of phenolic OH excluding ortho intramolecular Hbond substituents is 2. The van der Waals surface area contributed by atoms with E-state index in [0.717, 1.165) is 0 Å². The van der Waals surface area contributed by atoms with E-state index in [1.807, 2.05) is 0 Å². The second-order valence-corrected chi connectivity index (χ2v) is 4.44. The number of methoxy groups -OCH3 is 1. The molecule has 0 saturated heterocycles. The van der Waals surface area contributed by atoms with Crippen LogP contribution in [0.5, 0.6) is 11.5 Å². The van der Waals surface area contributed by atoms with Crippen molar-refractivity contribution in [3.8, 4) is 11.5 Å². The van der Waals surface area contributed by atoms with Crippen LogP contribution in [0.15, 0.2) is 18.2 Å². The van der Waals surface area contributed by atoms with E-state index in [4.69, 9.17) is 4.74 Å². The Morgan fingerprint density at radius 2 is 1.94 bits per heavy atom. The quantitative estimate of drug-likeness (QED) is 0.782. The predicted molar refractivity (Wildman–Crippen MR) is 71.3 cm³/mol. The summed E-state index contributed by atoms with van der Waals surface area (Å²) in [4.78, 5) is 13.7. The minimum Gasteiger partial charge on any atom is -0.507 e. The molecule has 18 heavy (non-hydrogen) atoms. The highest BCUT2D eigenvalue weighted by atomic mass is 79.9. The van der Waals surface area contributed by atoms with Gasteiger partial charge in [0.1, 0.15) is 17.1 Å². The first-order chi connectivity index (χ1) is 8.61. The third kappa shape index (κ3) is 3.61. The molecule has 1 amide bonds. The monoisotopic (exact) mass is 317 g/mol. The topological polar surface area (TPSA) is 70.0 Å². The molecule has 2 N–H and O–H groups in total. The average molecular weight is 318 g/mol. The highest BCUT2D eigenvalue weighted by Crippen LogP contribution is 2.27. The fourth-order valence-electron chi connectivity index (χ4n) is 1.52. The van der Waals surface area contributed by atoms with Crippen LogP contribution in [0.2, 0.25) is 0 Å². The largest absolute Gasteiger partial charge is 0.507 e. The van der Waals surface area contributed by atoms with Crippen molar-refractivity contribution in [2.45, 2.75) is 0 Å². The zero-order valence-electron chi connectivity index (χ0n) is 10.1. The van der Waals surface area contributed by atoms with Crippen molar-refractivity contribution < 1.29 is 19.7 Å². The smallest absolute Gasteiger partial charge is 0.261 e. The molecule has 6 heteroatoms. The number of alkyl halides is 1. The highest BCUT2D eigenvalue weighted by Gasteiger charge is 2.21. The summed E-state index contributed by atoms with van der Waals surface area (Å²) >= 11 is 3.26. The summed E-state index contributed by atoms with van der Waals surface area (Å²) in [6, 6.07) is 4.22. The van der Waals surface area contributed by atoms with E-state index in [1.165, 1.54) is 23.1 Å². The molecule has 0 atom stereocenters. The van der Waals surface area contributed by atoms with E-state index < -0.39 is 5.91 Å². The van der Waals surface area contributed by atoms with Gasteiger partial charge in [-0.05, 0) is 12.1 Å². The lowest BCUT2D eigenvalue weighted by molar-refractivity contribution is 0.0703. The minimum atomic E-state index is -0.415. The molecule has 0 aromatic heterocycles. The lowest BCUT2D eigenvalue weighted by Crippen LogP contribution is -2.35. The first-order valence-electron chi connectivity index (χ1n) is 5.47. The van der Waals surface area contributed by atoms with Crippen LogP contribution in [-0.4, -0.2) is 53.2 Å². The molecule has 5 nitrogen and oxygen atoms in total. The fourth-order valence-corrected chi connectivity index (χ4v) is 1.95. The molecule has 1 aromatic rings. The second-order valence-electron chi connectivity index (χ2n) is 3.65. The zero-order chi connectivity index (χ0) is 13.5. The number of carbonyl (C=O) groups is 1. The van der Waals surface area contributed by atoms with Crippen LogP contribution in [0.4, 0.5) is 0 Å². The number of halogens is 1. The lowest BCUT2D eigenvalue weighted by atomic mass is 10.1. The Bertz CT molecular complexity index is 391. The summed E-state index contributed by atoms with van der Waals surface area (Å²) in [6.45, 7) is 1.26. The second kappa shape index (κ2) is 7.23. The van der Waals surface area contributed by atoms with E-state index in [0.29, 0.717) is 25.0 Å².